The Balaban J connectivity index is 1.82. The zero-order chi connectivity index (χ0) is 33.3. The summed E-state index contributed by atoms with van der Waals surface area (Å²) in [5.74, 6) is -0.371. The van der Waals surface area contributed by atoms with E-state index in [4.69, 9.17) is 21.1 Å². The number of rotatable bonds is 14. The van der Waals surface area contributed by atoms with E-state index in [0.29, 0.717) is 17.3 Å². The number of anilines is 1. The second-order valence-corrected chi connectivity index (χ2v) is 13.5. The van der Waals surface area contributed by atoms with Gasteiger partial charge in [-0.25, -0.2) is 8.42 Å². The largest absolute Gasteiger partial charge is 0.493 e. The maximum absolute atomic E-state index is 14.5. The summed E-state index contributed by atoms with van der Waals surface area (Å²) in [7, 11) is -1.49. The van der Waals surface area contributed by atoms with E-state index < -0.39 is 28.5 Å². The smallest absolute Gasteiger partial charge is 0.264 e. The first-order valence-electron chi connectivity index (χ1n) is 14.4. The van der Waals surface area contributed by atoms with Crippen molar-refractivity contribution in [3.63, 3.8) is 0 Å². The summed E-state index contributed by atoms with van der Waals surface area (Å²) in [6, 6.07) is 26.2. The lowest BCUT2D eigenvalue weighted by Gasteiger charge is -2.34. The van der Waals surface area contributed by atoms with E-state index in [-0.39, 0.29) is 35.2 Å². The highest BCUT2D eigenvalue weighted by Gasteiger charge is 2.35. The van der Waals surface area contributed by atoms with Gasteiger partial charge in [0.2, 0.25) is 11.8 Å². The quantitative estimate of drug-likeness (QED) is 0.169. The van der Waals surface area contributed by atoms with Gasteiger partial charge in [0.25, 0.3) is 10.0 Å². The molecule has 0 saturated heterocycles. The third-order valence-electron chi connectivity index (χ3n) is 7.20. The minimum absolute atomic E-state index is 0.0533. The maximum atomic E-state index is 14.5. The lowest BCUT2D eigenvalue weighted by molar-refractivity contribution is -0.140. The van der Waals surface area contributed by atoms with Crippen LogP contribution in [0, 0.1) is 0 Å². The monoisotopic (exact) mass is 727 g/mol. The third-order valence-corrected chi connectivity index (χ3v) is 9.72. The summed E-state index contributed by atoms with van der Waals surface area (Å²) in [6.45, 7) is 1.61. The van der Waals surface area contributed by atoms with Crippen molar-refractivity contribution in [3.8, 4) is 11.5 Å². The highest BCUT2D eigenvalue weighted by Crippen LogP contribution is 2.33. The first kappa shape index (κ1) is 34.8. The number of nitrogens with one attached hydrogen (secondary N) is 1. The SMILES string of the molecule is CCNC(=O)C(Cc1ccccc1)N(Cc1cccc(Br)c1)C(=O)CN(c1ccc(Cl)cc1)S(=O)(=O)c1ccc(OC)c(OC)c1. The van der Waals surface area contributed by atoms with Gasteiger partial charge in [0.05, 0.1) is 24.8 Å². The normalized spacial score (nSPS) is 11.8. The Kier molecular flexibility index (Phi) is 12.1. The van der Waals surface area contributed by atoms with Gasteiger partial charge < -0.3 is 19.7 Å². The van der Waals surface area contributed by atoms with Crippen molar-refractivity contribution in [2.45, 2.75) is 30.8 Å². The van der Waals surface area contributed by atoms with Crippen molar-refractivity contribution in [1.29, 1.82) is 0 Å². The summed E-state index contributed by atoms with van der Waals surface area (Å²) < 4.78 is 41.0. The van der Waals surface area contributed by atoms with E-state index in [1.165, 1.54) is 49.5 Å². The second kappa shape index (κ2) is 16.0. The molecule has 0 aliphatic rings. The maximum Gasteiger partial charge on any atom is 0.264 e. The summed E-state index contributed by atoms with van der Waals surface area (Å²) in [5, 5.41) is 3.25. The fraction of sp³-hybridized carbons (Fsp3) is 0.235. The molecule has 4 aromatic rings. The summed E-state index contributed by atoms with van der Waals surface area (Å²) in [6.07, 6.45) is 0.218. The number of ether oxygens (including phenoxy) is 2. The molecule has 242 valence electrons. The van der Waals surface area contributed by atoms with Gasteiger partial charge >= 0.3 is 0 Å². The van der Waals surface area contributed by atoms with Crippen molar-refractivity contribution in [3.05, 3.63) is 118 Å². The summed E-state index contributed by atoms with van der Waals surface area (Å²) in [4.78, 5) is 29.4. The van der Waals surface area contributed by atoms with Crippen LogP contribution in [0.3, 0.4) is 0 Å². The fourth-order valence-corrected chi connectivity index (χ4v) is 6.92. The molecule has 0 aliphatic heterocycles. The number of carbonyl (C=O) groups is 2. The van der Waals surface area contributed by atoms with E-state index in [1.807, 2.05) is 54.6 Å². The number of sulfonamides is 1. The number of halogens is 2. The van der Waals surface area contributed by atoms with Gasteiger partial charge in [0, 0.05) is 35.1 Å². The lowest BCUT2D eigenvalue weighted by atomic mass is 10.0. The van der Waals surface area contributed by atoms with Crippen LogP contribution in [0.1, 0.15) is 18.1 Å². The Morgan fingerprint density at radius 2 is 1.54 bits per heavy atom. The number of benzene rings is 4. The molecule has 0 radical (unpaired) electrons. The predicted octanol–water partition coefficient (Wildman–Crippen LogP) is 6.09. The molecule has 0 aromatic heterocycles. The van der Waals surface area contributed by atoms with Crippen LogP contribution in [0.4, 0.5) is 5.69 Å². The topological polar surface area (TPSA) is 105 Å². The molecule has 0 heterocycles. The van der Waals surface area contributed by atoms with E-state index in [9.17, 15) is 18.0 Å². The molecule has 2 amide bonds. The third kappa shape index (κ3) is 8.60. The molecule has 46 heavy (non-hydrogen) atoms. The molecule has 4 rings (SSSR count). The molecule has 9 nitrogen and oxygen atoms in total. The molecular formula is C34H35BrClN3O6S. The molecule has 0 bridgehead atoms. The zero-order valence-corrected chi connectivity index (χ0v) is 28.8. The molecule has 4 aromatic carbocycles. The van der Waals surface area contributed by atoms with Crippen molar-refractivity contribution in [2.75, 3.05) is 31.6 Å². The Bertz CT molecular complexity index is 1760. The predicted molar refractivity (Wildman–Crippen MR) is 183 cm³/mol. The number of hydrogen-bond donors (Lipinski definition) is 1. The molecule has 12 heteroatoms. The van der Waals surface area contributed by atoms with Crippen LogP contribution in [0.5, 0.6) is 11.5 Å². The minimum Gasteiger partial charge on any atom is -0.493 e. The first-order valence-corrected chi connectivity index (χ1v) is 17.0. The molecule has 0 fully saturated rings. The van der Waals surface area contributed by atoms with Gasteiger partial charge in [-0.2, -0.15) is 0 Å². The van der Waals surface area contributed by atoms with Crippen LogP contribution in [0.2, 0.25) is 5.02 Å². The van der Waals surface area contributed by atoms with Crippen LogP contribution in [0.15, 0.2) is 106 Å². The number of nitrogens with zero attached hydrogens (tertiary/aromatic N) is 2. The van der Waals surface area contributed by atoms with E-state index in [2.05, 4.69) is 21.2 Å². The number of carbonyl (C=O) groups excluding carboxylic acids is 2. The Morgan fingerprint density at radius 3 is 2.17 bits per heavy atom. The summed E-state index contributed by atoms with van der Waals surface area (Å²) in [5.41, 5.74) is 1.82. The Morgan fingerprint density at radius 1 is 0.870 bits per heavy atom. The highest BCUT2D eigenvalue weighted by atomic mass is 79.9. The molecular weight excluding hydrogens is 694 g/mol. The Hall–Kier alpha value is -4.06. The van der Waals surface area contributed by atoms with Gasteiger partial charge in [-0.1, -0.05) is 70.0 Å². The highest BCUT2D eigenvalue weighted by molar-refractivity contribution is 9.10. The minimum atomic E-state index is -4.35. The van der Waals surface area contributed by atoms with Gasteiger partial charge in [0.15, 0.2) is 11.5 Å². The average molecular weight is 729 g/mol. The molecule has 0 spiro atoms. The lowest BCUT2D eigenvalue weighted by Crippen LogP contribution is -2.53. The number of amides is 2. The average Bonchev–Trinajstić information content (AvgIpc) is 3.05. The van der Waals surface area contributed by atoms with Crippen LogP contribution in [0.25, 0.3) is 0 Å². The van der Waals surface area contributed by atoms with Gasteiger partial charge in [-0.05, 0) is 66.6 Å². The van der Waals surface area contributed by atoms with E-state index >= 15 is 0 Å². The first-order chi connectivity index (χ1) is 22.1. The van der Waals surface area contributed by atoms with Gasteiger partial charge in [0.1, 0.15) is 12.6 Å². The van der Waals surface area contributed by atoms with Gasteiger partial charge in [-0.15, -0.1) is 0 Å². The fourth-order valence-electron chi connectivity index (χ4n) is 4.92. The molecule has 1 N–H and O–H groups in total. The second-order valence-electron chi connectivity index (χ2n) is 10.3. The number of likely N-dealkylation sites (N-methyl/N-ethyl adjacent to an activating group) is 1. The molecule has 0 aliphatic carbocycles. The van der Waals surface area contributed by atoms with Crippen LogP contribution in [-0.2, 0) is 32.6 Å². The molecule has 1 unspecified atom stereocenters. The number of hydrogen-bond acceptors (Lipinski definition) is 6. The van der Waals surface area contributed by atoms with Gasteiger partial charge in [-0.3, -0.25) is 13.9 Å². The van der Waals surface area contributed by atoms with Crippen LogP contribution < -0.4 is 19.1 Å². The summed E-state index contributed by atoms with van der Waals surface area (Å²) >= 11 is 9.63. The van der Waals surface area contributed by atoms with Crippen LogP contribution >= 0.6 is 27.5 Å². The van der Waals surface area contributed by atoms with Crippen molar-refractivity contribution in [1.82, 2.24) is 10.2 Å². The Labute approximate surface area is 283 Å². The van der Waals surface area contributed by atoms with Crippen molar-refractivity contribution < 1.29 is 27.5 Å². The number of methoxy groups -OCH3 is 2. The molecule has 0 saturated carbocycles. The van der Waals surface area contributed by atoms with E-state index in [0.717, 1.165) is 19.9 Å². The van der Waals surface area contributed by atoms with Crippen LogP contribution in [-0.4, -0.2) is 58.5 Å². The van der Waals surface area contributed by atoms with Crippen molar-refractivity contribution in [2.24, 2.45) is 0 Å². The van der Waals surface area contributed by atoms with E-state index in [1.54, 1.807) is 19.1 Å². The standard InChI is InChI=1S/C34H35BrClN3O6S/c1-4-37-34(41)30(20-24-9-6-5-7-10-24)38(22-25-11-8-12-26(35)19-25)33(40)23-39(28-15-13-27(36)14-16-28)46(42,43)29-17-18-31(44-2)32(21-29)45-3/h5-19,21,30H,4,20,22-23H2,1-3H3,(H,37,41). The zero-order valence-electron chi connectivity index (χ0n) is 25.7. The molecule has 1 atom stereocenters. The van der Waals surface area contributed by atoms with Crippen molar-refractivity contribution >= 4 is 55.1 Å².